The van der Waals surface area contributed by atoms with Crippen LogP contribution in [0.25, 0.3) is 0 Å². The second kappa shape index (κ2) is 19.7. The van der Waals surface area contributed by atoms with E-state index in [1.54, 1.807) is 0 Å². The first-order valence-corrected chi connectivity index (χ1v) is 15.9. The molecule has 0 aliphatic rings. The van der Waals surface area contributed by atoms with Gasteiger partial charge in [-0.05, 0) is 42.7 Å². The standard InChI is InChI=1S/C29H48O5S2/c1-6-10-12-23(8-3)16-33-27(30)20-35-18-25-14-22(5)29(32)26(15-25)19-36-21-28(31)34-17-24(9-4)13-11-7-2/h14-15,23-24,32H,6-13,16-21H2,1-5H3. The molecule has 1 rings (SSSR count). The van der Waals surface area contributed by atoms with E-state index in [-0.39, 0.29) is 23.4 Å². The molecule has 0 radical (unpaired) electrons. The summed E-state index contributed by atoms with van der Waals surface area (Å²) in [5.74, 6) is 2.58. The molecule has 0 saturated heterocycles. The number of aromatic hydroxyl groups is 1. The normalized spacial score (nSPS) is 12.8. The van der Waals surface area contributed by atoms with Crippen LogP contribution in [0.2, 0.25) is 0 Å². The Morgan fingerprint density at radius 3 is 1.81 bits per heavy atom. The van der Waals surface area contributed by atoms with Crippen molar-refractivity contribution in [2.24, 2.45) is 11.8 Å². The number of esters is 2. The van der Waals surface area contributed by atoms with Gasteiger partial charge in [0.05, 0.1) is 24.7 Å². The molecular formula is C29H48O5S2. The van der Waals surface area contributed by atoms with Gasteiger partial charge in [0.1, 0.15) is 5.75 Å². The largest absolute Gasteiger partial charge is 0.507 e. The van der Waals surface area contributed by atoms with Gasteiger partial charge in [-0.15, -0.1) is 23.5 Å². The third kappa shape index (κ3) is 13.8. The highest BCUT2D eigenvalue weighted by atomic mass is 32.2. The van der Waals surface area contributed by atoms with Gasteiger partial charge in [0.2, 0.25) is 0 Å². The minimum absolute atomic E-state index is 0.167. The molecule has 206 valence electrons. The number of hydrogen-bond donors (Lipinski definition) is 1. The van der Waals surface area contributed by atoms with E-state index < -0.39 is 0 Å². The van der Waals surface area contributed by atoms with Crippen LogP contribution in [0.5, 0.6) is 5.75 Å². The molecule has 1 aromatic carbocycles. The minimum Gasteiger partial charge on any atom is -0.507 e. The first-order valence-electron chi connectivity index (χ1n) is 13.6. The molecule has 1 N–H and O–H groups in total. The van der Waals surface area contributed by atoms with Crippen molar-refractivity contribution in [2.45, 2.75) is 97.5 Å². The maximum atomic E-state index is 12.2. The third-order valence-corrected chi connectivity index (χ3v) is 8.38. The number of phenolic OH excluding ortho intramolecular Hbond substituents is 1. The highest BCUT2D eigenvalue weighted by molar-refractivity contribution is 7.99. The average Bonchev–Trinajstić information content (AvgIpc) is 2.87. The highest BCUT2D eigenvalue weighted by Crippen LogP contribution is 2.29. The lowest BCUT2D eigenvalue weighted by atomic mass is 10.0. The molecule has 0 aliphatic heterocycles. The summed E-state index contributed by atoms with van der Waals surface area (Å²) in [5, 5.41) is 10.5. The van der Waals surface area contributed by atoms with Crippen molar-refractivity contribution < 1.29 is 24.2 Å². The Morgan fingerprint density at radius 1 is 0.833 bits per heavy atom. The van der Waals surface area contributed by atoms with Crippen LogP contribution in [-0.2, 0) is 30.6 Å². The number of phenols is 1. The van der Waals surface area contributed by atoms with Gasteiger partial charge in [0, 0.05) is 17.1 Å². The lowest BCUT2D eigenvalue weighted by molar-refractivity contribution is -0.142. The summed E-state index contributed by atoms with van der Waals surface area (Å²) in [7, 11) is 0. The number of ether oxygens (including phenoxy) is 2. The lowest BCUT2D eigenvalue weighted by Gasteiger charge is -2.15. The van der Waals surface area contributed by atoms with Crippen molar-refractivity contribution in [3.8, 4) is 5.75 Å². The van der Waals surface area contributed by atoms with Crippen LogP contribution in [0.15, 0.2) is 12.1 Å². The van der Waals surface area contributed by atoms with Crippen LogP contribution in [0, 0.1) is 18.8 Å². The van der Waals surface area contributed by atoms with E-state index in [0.717, 1.165) is 61.6 Å². The smallest absolute Gasteiger partial charge is 0.315 e. The zero-order valence-corrected chi connectivity index (χ0v) is 24.7. The maximum absolute atomic E-state index is 12.2. The first-order chi connectivity index (χ1) is 17.3. The van der Waals surface area contributed by atoms with Crippen molar-refractivity contribution in [2.75, 3.05) is 24.7 Å². The first kappa shape index (κ1) is 32.7. The third-order valence-electron chi connectivity index (χ3n) is 6.45. The van der Waals surface area contributed by atoms with Crippen LogP contribution in [0.4, 0.5) is 0 Å². The Bertz CT molecular complexity index is 768. The predicted molar refractivity (Wildman–Crippen MR) is 154 cm³/mol. The Balaban J connectivity index is 2.44. The number of hydrogen-bond acceptors (Lipinski definition) is 7. The van der Waals surface area contributed by atoms with Crippen LogP contribution < -0.4 is 0 Å². The number of aryl methyl sites for hydroxylation is 1. The summed E-state index contributed by atoms with van der Waals surface area (Å²) >= 11 is 2.98. The number of carbonyl (C=O) groups excluding carboxylic acids is 2. The van der Waals surface area contributed by atoms with Crippen LogP contribution in [-0.4, -0.2) is 41.8 Å². The topological polar surface area (TPSA) is 72.8 Å². The summed E-state index contributed by atoms with van der Waals surface area (Å²) in [5.41, 5.74) is 2.66. The van der Waals surface area contributed by atoms with E-state index in [1.165, 1.54) is 29.9 Å². The van der Waals surface area contributed by atoms with E-state index >= 15 is 0 Å². The van der Waals surface area contributed by atoms with Gasteiger partial charge in [0.15, 0.2) is 0 Å². The summed E-state index contributed by atoms with van der Waals surface area (Å²) in [6, 6.07) is 3.92. The molecule has 2 atom stereocenters. The summed E-state index contributed by atoms with van der Waals surface area (Å²) in [6.07, 6.45) is 8.91. The van der Waals surface area contributed by atoms with Gasteiger partial charge in [-0.25, -0.2) is 0 Å². The Labute approximate surface area is 227 Å². The molecule has 0 saturated carbocycles. The quantitative estimate of drug-likeness (QED) is 0.170. The van der Waals surface area contributed by atoms with Crippen molar-refractivity contribution in [3.05, 3.63) is 28.8 Å². The van der Waals surface area contributed by atoms with E-state index in [2.05, 4.69) is 27.7 Å². The highest BCUT2D eigenvalue weighted by Gasteiger charge is 2.13. The van der Waals surface area contributed by atoms with E-state index in [1.807, 2.05) is 19.1 Å². The number of thioether (sulfide) groups is 2. The van der Waals surface area contributed by atoms with Crippen LogP contribution in [0.1, 0.15) is 95.8 Å². The number of benzene rings is 1. The fourth-order valence-corrected chi connectivity index (χ4v) is 5.47. The SMILES string of the molecule is CCCCC(CC)COC(=O)CSCc1cc(C)c(O)c(CSCC(=O)OCC(CC)CCCC)c1. The van der Waals surface area contributed by atoms with Crippen molar-refractivity contribution in [1.82, 2.24) is 0 Å². The van der Waals surface area contributed by atoms with Gasteiger partial charge < -0.3 is 14.6 Å². The molecule has 0 heterocycles. The molecule has 1 aromatic rings. The fraction of sp³-hybridized carbons (Fsp3) is 0.724. The number of carbonyl (C=O) groups is 2. The Morgan fingerprint density at radius 2 is 1.33 bits per heavy atom. The second-order valence-electron chi connectivity index (χ2n) is 9.61. The molecule has 2 unspecified atom stereocenters. The van der Waals surface area contributed by atoms with Crippen LogP contribution >= 0.6 is 23.5 Å². The molecule has 0 aliphatic carbocycles. The molecule has 0 bridgehead atoms. The molecular weight excluding hydrogens is 492 g/mol. The van der Waals surface area contributed by atoms with Gasteiger partial charge in [-0.2, -0.15) is 0 Å². The summed E-state index contributed by atoms with van der Waals surface area (Å²) in [6.45, 7) is 11.5. The summed E-state index contributed by atoms with van der Waals surface area (Å²) in [4.78, 5) is 24.3. The molecule has 7 heteroatoms. The lowest BCUT2D eigenvalue weighted by Crippen LogP contribution is -2.15. The molecule has 0 fully saturated rings. The monoisotopic (exact) mass is 540 g/mol. The van der Waals surface area contributed by atoms with Gasteiger partial charge in [0.25, 0.3) is 0 Å². The van der Waals surface area contributed by atoms with Crippen molar-refractivity contribution in [3.63, 3.8) is 0 Å². The minimum atomic E-state index is -0.198. The molecule has 36 heavy (non-hydrogen) atoms. The number of rotatable bonds is 20. The molecule has 0 aromatic heterocycles. The van der Waals surface area contributed by atoms with Gasteiger partial charge in [-0.1, -0.05) is 78.4 Å². The van der Waals surface area contributed by atoms with E-state index in [0.29, 0.717) is 42.3 Å². The predicted octanol–water partition coefficient (Wildman–Crippen LogP) is 7.69. The Hall–Kier alpha value is -1.34. The van der Waals surface area contributed by atoms with E-state index in [4.69, 9.17) is 9.47 Å². The van der Waals surface area contributed by atoms with Gasteiger partial charge in [-0.3, -0.25) is 9.59 Å². The Kier molecular flexibility index (Phi) is 17.9. The van der Waals surface area contributed by atoms with Gasteiger partial charge >= 0.3 is 11.9 Å². The van der Waals surface area contributed by atoms with Crippen molar-refractivity contribution >= 4 is 35.5 Å². The zero-order chi connectivity index (χ0) is 26.8. The second-order valence-corrected chi connectivity index (χ2v) is 11.6. The molecule has 0 spiro atoms. The summed E-state index contributed by atoms with van der Waals surface area (Å²) < 4.78 is 11.0. The van der Waals surface area contributed by atoms with E-state index in [9.17, 15) is 14.7 Å². The van der Waals surface area contributed by atoms with Crippen LogP contribution in [0.3, 0.4) is 0 Å². The molecule has 5 nitrogen and oxygen atoms in total. The molecule has 0 amide bonds. The fourth-order valence-electron chi connectivity index (χ4n) is 3.92. The number of unbranched alkanes of at least 4 members (excludes halogenated alkanes) is 2. The zero-order valence-electron chi connectivity index (χ0n) is 23.1. The van der Waals surface area contributed by atoms with Crippen molar-refractivity contribution in [1.29, 1.82) is 0 Å². The average molecular weight is 541 g/mol. The maximum Gasteiger partial charge on any atom is 0.315 e.